The van der Waals surface area contributed by atoms with Gasteiger partial charge in [0.2, 0.25) is 5.91 Å². The first-order chi connectivity index (χ1) is 7.13. The third-order valence-electron chi connectivity index (χ3n) is 1.94. The fraction of sp³-hybridized carbons (Fsp3) is 0.273. The van der Waals surface area contributed by atoms with Crippen molar-refractivity contribution in [3.8, 4) is 0 Å². The molecule has 4 heteroatoms. The number of rotatable bonds is 4. The van der Waals surface area contributed by atoms with Gasteiger partial charge in [-0.15, -0.1) is 11.6 Å². The first kappa shape index (κ1) is 11.7. The number of halogens is 1. The highest BCUT2D eigenvalue weighted by Gasteiger charge is 2.07. The average Bonchev–Trinajstić information content (AvgIpc) is 2.26. The molecule has 1 aromatic carbocycles. The highest BCUT2D eigenvalue weighted by Crippen LogP contribution is 2.02. The van der Waals surface area contributed by atoms with Crippen molar-refractivity contribution in [2.75, 3.05) is 0 Å². The predicted molar refractivity (Wildman–Crippen MR) is 59.0 cm³/mol. The van der Waals surface area contributed by atoms with E-state index in [0.717, 1.165) is 11.8 Å². The summed E-state index contributed by atoms with van der Waals surface area (Å²) in [6.45, 7) is 2.04. The number of alkyl halides is 1. The van der Waals surface area contributed by atoms with E-state index in [1.807, 2.05) is 0 Å². The van der Waals surface area contributed by atoms with Crippen molar-refractivity contribution in [3.63, 3.8) is 0 Å². The standard InChI is InChI=1S/C11H12ClNO2/c1-8(12)11(15)13-6-9-2-4-10(7-14)5-3-9/h2-5,7-8H,6H2,1H3,(H,13,15)/t8-/m0/s1. The summed E-state index contributed by atoms with van der Waals surface area (Å²) in [6, 6.07) is 7.00. The van der Waals surface area contributed by atoms with Crippen LogP contribution in [0.15, 0.2) is 24.3 Å². The largest absolute Gasteiger partial charge is 0.351 e. The zero-order valence-electron chi connectivity index (χ0n) is 8.37. The molecule has 0 aliphatic carbocycles. The first-order valence-electron chi connectivity index (χ1n) is 4.59. The highest BCUT2D eigenvalue weighted by atomic mass is 35.5. The second kappa shape index (κ2) is 5.51. The summed E-state index contributed by atoms with van der Waals surface area (Å²) in [5.74, 6) is -0.198. The Morgan fingerprint density at radius 3 is 2.53 bits per heavy atom. The number of amides is 1. The van der Waals surface area contributed by atoms with Crippen molar-refractivity contribution < 1.29 is 9.59 Å². The van der Waals surface area contributed by atoms with Gasteiger partial charge in [0.05, 0.1) is 0 Å². The molecule has 0 bridgehead atoms. The maximum atomic E-state index is 11.1. The topological polar surface area (TPSA) is 46.2 Å². The van der Waals surface area contributed by atoms with Crippen LogP contribution in [0.25, 0.3) is 0 Å². The second-order valence-electron chi connectivity index (χ2n) is 3.19. The molecule has 15 heavy (non-hydrogen) atoms. The Morgan fingerprint density at radius 1 is 1.47 bits per heavy atom. The minimum atomic E-state index is -0.528. The lowest BCUT2D eigenvalue weighted by Gasteiger charge is -2.06. The molecule has 0 saturated carbocycles. The summed E-state index contributed by atoms with van der Waals surface area (Å²) >= 11 is 5.58. The molecule has 1 amide bonds. The van der Waals surface area contributed by atoms with Crippen LogP contribution in [0.1, 0.15) is 22.8 Å². The van der Waals surface area contributed by atoms with Crippen LogP contribution >= 0.6 is 11.6 Å². The monoisotopic (exact) mass is 225 g/mol. The SMILES string of the molecule is C[C@H](Cl)C(=O)NCc1ccc(C=O)cc1. The summed E-state index contributed by atoms with van der Waals surface area (Å²) in [5, 5.41) is 2.15. The Kier molecular flexibility index (Phi) is 4.31. The van der Waals surface area contributed by atoms with Crippen LogP contribution < -0.4 is 5.32 Å². The van der Waals surface area contributed by atoms with E-state index in [1.165, 1.54) is 0 Å². The van der Waals surface area contributed by atoms with Gasteiger partial charge in [-0.05, 0) is 12.5 Å². The third kappa shape index (κ3) is 3.72. The van der Waals surface area contributed by atoms with E-state index in [1.54, 1.807) is 31.2 Å². The molecule has 0 radical (unpaired) electrons. The van der Waals surface area contributed by atoms with E-state index in [9.17, 15) is 9.59 Å². The summed E-state index contributed by atoms with van der Waals surface area (Å²) < 4.78 is 0. The molecule has 0 fully saturated rings. The van der Waals surface area contributed by atoms with Crippen LogP contribution in [0.2, 0.25) is 0 Å². The average molecular weight is 226 g/mol. The zero-order valence-corrected chi connectivity index (χ0v) is 9.12. The molecule has 1 atom stereocenters. The van der Waals surface area contributed by atoms with Crippen LogP contribution in [0, 0.1) is 0 Å². The molecule has 0 heterocycles. The molecule has 0 aliphatic rings. The normalized spacial score (nSPS) is 11.9. The lowest BCUT2D eigenvalue weighted by atomic mass is 10.1. The lowest BCUT2D eigenvalue weighted by Crippen LogP contribution is -2.28. The molecule has 3 nitrogen and oxygen atoms in total. The molecule has 0 unspecified atom stereocenters. The van der Waals surface area contributed by atoms with Crippen LogP contribution in [-0.2, 0) is 11.3 Å². The second-order valence-corrected chi connectivity index (χ2v) is 3.85. The number of hydrogen-bond acceptors (Lipinski definition) is 2. The van der Waals surface area contributed by atoms with Crippen LogP contribution in [0.5, 0.6) is 0 Å². The van der Waals surface area contributed by atoms with Gasteiger partial charge in [0.25, 0.3) is 0 Å². The van der Waals surface area contributed by atoms with Gasteiger partial charge < -0.3 is 5.32 Å². The van der Waals surface area contributed by atoms with Gasteiger partial charge in [0.1, 0.15) is 11.7 Å². The van der Waals surface area contributed by atoms with E-state index in [4.69, 9.17) is 11.6 Å². The number of benzene rings is 1. The number of aldehydes is 1. The Hall–Kier alpha value is -1.35. The Morgan fingerprint density at radius 2 is 2.07 bits per heavy atom. The fourth-order valence-corrected chi connectivity index (χ4v) is 1.12. The van der Waals surface area contributed by atoms with Crippen molar-refractivity contribution >= 4 is 23.8 Å². The maximum Gasteiger partial charge on any atom is 0.238 e. The smallest absolute Gasteiger partial charge is 0.238 e. The summed E-state index contributed by atoms with van der Waals surface area (Å²) in [6.07, 6.45) is 0.781. The number of carbonyl (C=O) groups excluding carboxylic acids is 2. The van der Waals surface area contributed by atoms with Gasteiger partial charge >= 0.3 is 0 Å². The van der Waals surface area contributed by atoms with Crippen molar-refractivity contribution in [2.24, 2.45) is 0 Å². The molecule has 1 rings (SSSR count). The maximum absolute atomic E-state index is 11.1. The van der Waals surface area contributed by atoms with Gasteiger partial charge in [-0.25, -0.2) is 0 Å². The molecule has 80 valence electrons. The van der Waals surface area contributed by atoms with Crippen LogP contribution in [0.3, 0.4) is 0 Å². The molecule has 1 N–H and O–H groups in total. The van der Waals surface area contributed by atoms with Crippen molar-refractivity contribution in [1.82, 2.24) is 5.32 Å². The Balaban J connectivity index is 2.51. The highest BCUT2D eigenvalue weighted by molar-refractivity contribution is 6.30. The molecule has 1 aromatic rings. The van der Waals surface area contributed by atoms with Crippen LogP contribution in [0.4, 0.5) is 0 Å². The van der Waals surface area contributed by atoms with Crippen molar-refractivity contribution in [3.05, 3.63) is 35.4 Å². The van der Waals surface area contributed by atoms with Gasteiger partial charge in [0.15, 0.2) is 0 Å². The van der Waals surface area contributed by atoms with E-state index < -0.39 is 5.38 Å². The number of hydrogen-bond donors (Lipinski definition) is 1. The summed E-state index contributed by atoms with van der Waals surface area (Å²) in [4.78, 5) is 21.5. The Bertz CT molecular complexity index is 346. The summed E-state index contributed by atoms with van der Waals surface area (Å²) in [5.41, 5.74) is 1.56. The van der Waals surface area contributed by atoms with Crippen molar-refractivity contribution in [2.45, 2.75) is 18.8 Å². The number of nitrogens with one attached hydrogen (secondary N) is 1. The van der Waals surface area contributed by atoms with E-state index >= 15 is 0 Å². The molecular formula is C11H12ClNO2. The number of carbonyl (C=O) groups is 2. The molecular weight excluding hydrogens is 214 g/mol. The molecule has 0 aliphatic heterocycles. The quantitative estimate of drug-likeness (QED) is 0.627. The van der Waals surface area contributed by atoms with Gasteiger partial charge in [-0.1, -0.05) is 24.3 Å². The Labute approximate surface area is 93.4 Å². The minimum absolute atomic E-state index is 0.198. The third-order valence-corrected chi connectivity index (χ3v) is 2.14. The summed E-state index contributed by atoms with van der Waals surface area (Å²) in [7, 11) is 0. The van der Waals surface area contributed by atoms with E-state index in [0.29, 0.717) is 12.1 Å². The minimum Gasteiger partial charge on any atom is -0.351 e. The molecule has 0 aromatic heterocycles. The van der Waals surface area contributed by atoms with Gasteiger partial charge in [-0.3, -0.25) is 9.59 Å². The van der Waals surface area contributed by atoms with Gasteiger partial charge in [-0.2, -0.15) is 0 Å². The van der Waals surface area contributed by atoms with E-state index in [-0.39, 0.29) is 5.91 Å². The fourth-order valence-electron chi connectivity index (χ4n) is 1.04. The first-order valence-corrected chi connectivity index (χ1v) is 5.03. The lowest BCUT2D eigenvalue weighted by molar-refractivity contribution is -0.120. The van der Waals surface area contributed by atoms with E-state index in [2.05, 4.69) is 5.32 Å². The van der Waals surface area contributed by atoms with Gasteiger partial charge in [0, 0.05) is 12.1 Å². The molecule has 0 spiro atoms. The predicted octanol–water partition coefficient (Wildman–Crippen LogP) is 1.74. The zero-order chi connectivity index (χ0) is 11.3. The molecule has 0 saturated heterocycles. The van der Waals surface area contributed by atoms with Crippen LogP contribution in [-0.4, -0.2) is 17.6 Å². The van der Waals surface area contributed by atoms with Crippen molar-refractivity contribution in [1.29, 1.82) is 0 Å².